The Morgan fingerprint density at radius 1 is 1.09 bits per heavy atom. The number of amides is 1. The summed E-state index contributed by atoms with van der Waals surface area (Å²) in [5, 5.41) is 20.8. The van der Waals surface area contributed by atoms with Crippen LogP contribution in [0, 0.1) is 5.41 Å². The molecule has 0 bridgehead atoms. The third kappa shape index (κ3) is 6.95. The second-order valence-electron chi connectivity index (χ2n) is 7.65. The summed E-state index contributed by atoms with van der Waals surface area (Å²) in [4.78, 5) is 35.2. The van der Waals surface area contributed by atoms with E-state index >= 15 is 0 Å². The van der Waals surface area contributed by atoms with Crippen LogP contribution in [-0.2, 0) is 9.53 Å². The highest BCUT2D eigenvalue weighted by Crippen LogP contribution is 2.42. The number of Topliss-reactive ketones (excluding diaryl/α,β-unsaturated/α-hetero) is 1. The minimum absolute atomic E-state index is 0.0455. The highest BCUT2D eigenvalue weighted by atomic mass is 16.6. The number of carbonyl (C=O) groups is 3. The first-order chi connectivity index (χ1) is 15.1. The van der Waals surface area contributed by atoms with Crippen molar-refractivity contribution in [3.63, 3.8) is 0 Å². The Hall–Kier alpha value is -3.65. The lowest BCUT2D eigenvalue weighted by Gasteiger charge is -2.32. The van der Waals surface area contributed by atoms with Gasteiger partial charge in [0.05, 0.1) is 6.61 Å². The fourth-order valence-electron chi connectivity index (χ4n) is 3.02. The zero-order valence-corrected chi connectivity index (χ0v) is 18.2. The molecule has 0 aliphatic carbocycles. The number of rotatable bonds is 10. The number of ether oxygens (including phenoxy) is 2. The van der Waals surface area contributed by atoms with E-state index in [9.17, 15) is 14.4 Å². The van der Waals surface area contributed by atoms with Crippen molar-refractivity contribution in [3.8, 4) is 5.75 Å². The summed E-state index contributed by atoms with van der Waals surface area (Å²) in [5.74, 6) is -0.816. The van der Waals surface area contributed by atoms with Crippen molar-refractivity contribution in [2.24, 2.45) is 5.41 Å². The Bertz CT molecular complexity index is 980. The van der Waals surface area contributed by atoms with Crippen molar-refractivity contribution >= 4 is 23.5 Å². The van der Waals surface area contributed by atoms with Gasteiger partial charge in [0, 0.05) is 28.3 Å². The van der Waals surface area contributed by atoms with E-state index < -0.39 is 23.6 Å². The van der Waals surface area contributed by atoms with E-state index in [4.69, 9.17) is 19.7 Å². The first-order valence-electron chi connectivity index (χ1n) is 9.97. The molecular formula is C24H27NO7. The Kier molecular flexibility index (Phi) is 8.54. The van der Waals surface area contributed by atoms with E-state index in [0.717, 1.165) is 6.08 Å². The third-order valence-electron chi connectivity index (χ3n) is 4.64. The topological polar surface area (TPSA) is 122 Å². The van der Waals surface area contributed by atoms with Gasteiger partial charge in [-0.15, -0.1) is 0 Å². The molecule has 0 radical (unpaired) electrons. The van der Waals surface area contributed by atoms with Crippen molar-refractivity contribution in [1.29, 1.82) is 0 Å². The van der Waals surface area contributed by atoms with Crippen molar-refractivity contribution in [2.75, 3.05) is 18.5 Å². The maximum absolute atomic E-state index is 12.7. The number of aliphatic carboxylic acids is 1. The van der Waals surface area contributed by atoms with Crippen LogP contribution in [0.15, 0.2) is 60.7 Å². The lowest BCUT2D eigenvalue weighted by molar-refractivity contribution is -0.131. The zero-order chi connectivity index (χ0) is 23.7. The Morgan fingerprint density at radius 3 is 2.34 bits per heavy atom. The van der Waals surface area contributed by atoms with Crippen LogP contribution >= 0.6 is 0 Å². The number of ketones is 1. The van der Waals surface area contributed by atoms with Crippen molar-refractivity contribution in [2.45, 2.75) is 26.9 Å². The van der Waals surface area contributed by atoms with Gasteiger partial charge in [-0.1, -0.05) is 38.1 Å². The maximum Gasteiger partial charge on any atom is 0.412 e. The summed E-state index contributed by atoms with van der Waals surface area (Å²) in [6, 6.07) is 13.2. The number of aliphatic hydroxyl groups is 1. The summed E-state index contributed by atoms with van der Waals surface area (Å²) in [7, 11) is 0. The number of carboxylic acids is 1. The van der Waals surface area contributed by atoms with Gasteiger partial charge in [-0.2, -0.15) is 0 Å². The number of benzene rings is 2. The van der Waals surface area contributed by atoms with E-state index in [1.54, 1.807) is 62.4 Å². The number of aliphatic hydroxyl groups excluding tert-OH is 1. The van der Waals surface area contributed by atoms with Gasteiger partial charge in [0.25, 0.3) is 0 Å². The highest BCUT2D eigenvalue weighted by molar-refractivity contribution is 5.95. The van der Waals surface area contributed by atoms with Crippen LogP contribution in [0.3, 0.4) is 0 Å². The SMILES string of the molecule is CC(=O)c1ccc(NC(=O)O[C@@H](c2ccccc2OCCO)C(C)(C)/C=C/C(=O)O)cc1. The molecule has 0 unspecified atom stereocenters. The van der Waals surface area contributed by atoms with Crippen LogP contribution in [-0.4, -0.2) is 41.3 Å². The van der Waals surface area contributed by atoms with Gasteiger partial charge < -0.3 is 19.7 Å². The molecule has 0 saturated heterocycles. The Morgan fingerprint density at radius 2 is 1.75 bits per heavy atom. The summed E-state index contributed by atoms with van der Waals surface area (Å²) < 4.78 is 11.3. The number of para-hydroxylation sites is 1. The Balaban J connectivity index is 2.33. The number of hydrogen-bond donors (Lipinski definition) is 3. The van der Waals surface area contributed by atoms with Gasteiger partial charge in [-0.25, -0.2) is 9.59 Å². The van der Waals surface area contributed by atoms with Crippen molar-refractivity contribution < 1.29 is 34.1 Å². The summed E-state index contributed by atoms with van der Waals surface area (Å²) in [5.41, 5.74) is 0.537. The fraction of sp³-hybridized carbons (Fsp3) is 0.292. The van der Waals surface area contributed by atoms with Gasteiger partial charge in [-0.3, -0.25) is 10.1 Å². The smallest absolute Gasteiger partial charge is 0.412 e. The van der Waals surface area contributed by atoms with Gasteiger partial charge in [0.1, 0.15) is 18.5 Å². The molecule has 2 rings (SSSR count). The molecule has 170 valence electrons. The minimum Gasteiger partial charge on any atom is -0.491 e. The largest absolute Gasteiger partial charge is 0.491 e. The molecule has 0 fully saturated rings. The second-order valence-corrected chi connectivity index (χ2v) is 7.65. The van der Waals surface area contributed by atoms with Crippen molar-refractivity contribution in [1.82, 2.24) is 0 Å². The normalized spacial score (nSPS) is 12.2. The second kappa shape index (κ2) is 11.1. The Labute approximate surface area is 186 Å². The number of nitrogens with one attached hydrogen (secondary N) is 1. The molecular weight excluding hydrogens is 414 g/mol. The van der Waals surface area contributed by atoms with Crippen molar-refractivity contribution in [3.05, 3.63) is 71.8 Å². The molecule has 0 spiro atoms. The monoisotopic (exact) mass is 441 g/mol. The average Bonchev–Trinajstić information content (AvgIpc) is 2.75. The molecule has 0 heterocycles. The molecule has 1 amide bonds. The van der Waals surface area contributed by atoms with Crippen LogP contribution in [0.2, 0.25) is 0 Å². The quantitative estimate of drug-likeness (QED) is 0.373. The zero-order valence-electron chi connectivity index (χ0n) is 18.2. The summed E-state index contributed by atoms with van der Waals surface area (Å²) in [6.45, 7) is 4.76. The number of hydrogen-bond acceptors (Lipinski definition) is 6. The molecule has 8 heteroatoms. The van der Waals surface area contributed by atoms with E-state index in [1.165, 1.54) is 13.0 Å². The van der Waals surface area contributed by atoms with Crippen LogP contribution in [0.1, 0.15) is 42.8 Å². The lowest BCUT2D eigenvalue weighted by Crippen LogP contribution is -2.28. The molecule has 0 saturated carbocycles. The average molecular weight is 441 g/mol. The van der Waals surface area contributed by atoms with Crippen LogP contribution in [0.4, 0.5) is 10.5 Å². The molecule has 1 atom stereocenters. The first-order valence-corrected chi connectivity index (χ1v) is 9.97. The molecule has 0 aromatic heterocycles. The number of carboxylic acid groups (broad SMARTS) is 1. The minimum atomic E-state index is -1.13. The molecule has 2 aromatic rings. The van der Waals surface area contributed by atoms with Crippen LogP contribution in [0.5, 0.6) is 5.75 Å². The molecule has 32 heavy (non-hydrogen) atoms. The van der Waals surface area contributed by atoms with Gasteiger partial charge in [-0.05, 0) is 37.3 Å². The third-order valence-corrected chi connectivity index (χ3v) is 4.64. The van der Waals surface area contributed by atoms with Crippen LogP contribution in [0.25, 0.3) is 0 Å². The summed E-state index contributed by atoms with van der Waals surface area (Å²) in [6.07, 6.45) is 0.757. The van der Waals surface area contributed by atoms with E-state index in [2.05, 4.69) is 5.32 Å². The van der Waals surface area contributed by atoms with Crippen LogP contribution < -0.4 is 10.1 Å². The number of anilines is 1. The fourth-order valence-corrected chi connectivity index (χ4v) is 3.02. The predicted molar refractivity (Wildman–Crippen MR) is 119 cm³/mol. The molecule has 8 nitrogen and oxygen atoms in total. The highest BCUT2D eigenvalue weighted by Gasteiger charge is 2.34. The van der Waals surface area contributed by atoms with E-state index in [1.807, 2.05) is 0 Å². The molecule has 0 aliphatic rings. The van der Waals surface area contributed by atoms with Gasteiger partial charge in [0.2, 0.25) is 0 Å². The van der Waals surface area contributed by atoms with E-state index in [-0.39, 0.29) is 19.0 Å². The summed E-state index contributed by atoms with van der Waals surface area (Å²) >= 11 is 0. The number of carbonyl (C=O) groups excluding carboxylic acids is 2. The maximum atomic E-state index is 12.7. The van der Waals surface area contributed by atoms with E-state index in [0.29, 0.717) is 22.6 Å². The lowest BCUT2D eigenvalue weighted by atomic mass is 9.81. The predicted octanol–water partition coefficient (Wildman–Crippen LogP) is 4.22. The molecule has 0 aliphatic heterocycles. The van der Waals surface area contributed by atoms with Gasteiger partial charge >= 0.3 is 12.1 Å². The molecule has 3 N–H and O–H groups in total. The first kappa shape index (κ1) is 24.6. The standard InChI is InChI=1S/C24H27NO7/c1-16(27)17-8-10-18(11-9-17)25-23(30)32-22(24(2,3)13-12-21(28)29)19-6-4-5-7-20(19)31-15-14-26/h4-13,22,26H,14-15H2,1-3H3,(H,25,30)(H,28,29)/b13-12+/t22-/m0/s1. The molecule has 2 aromatic carbocycles. The van der Waals surface area contributed by atoms with Gasteiger partial charge in [0.15, 0.2) is 5.78 Å².